The molecule has 0 amide bonds. The van der Waals surface area contributed by atoms with Crippen LogP contribution in [-0.2, 0) is 14.3 Å². The van der Waals surface area contributed by atoms with E-state index in [1.54, 1.807) is 0 Å². The van der Waals surface area contributed by atoms with Crippen LogP contribution in [0.1, 0.15) is 213 Å². The van der Waals surface area contributed by atoms with Gasteiger partial charge in [-0.25, -0.2) is 0 Å². The van der Waals surface area contributed by atoms with Crippen LogP contribution in [0.4, 0.5) is 0 Å². The second-order valence-corrected chi connectivity index (χ2v) is 13.5. The van der Waals surface area contributed by atoms with E-state index in [-0.39, 0.29) is 18.5 Å². The predicted molar refractivity (Wildman–Crippen MR) is 199 cm³/mol. The van der Waals surface area contributed by atoms with Gasteiger partial charge in [-0.05, 0) is 96.3 Å². The topological polar surface area (TPSA) is 63.6 Å². The van der Waals surface area contributed by atoms with Crippen molar-refractivity contribution in [1.29, 1.82) is 0 Å². The number of rotatable bonds is 36. The van der Waals surface area contributed by atoms with Gasteiger partial charge in [0.15, 0.2) is 0 Å². The molecule has 0 heterocycles. The van der Waals surface area contributed by atoms with Gasteiger partial charge in [0.2, 0.25) is 0 Å². The Bertz CT molecular complexity index is 738. The number of carbonyl (C=O) groups is 2. The third-order valence-electron chi connectivity index (χ3n) is 8.83. The monoisotopic (exact) mass is 645 g/mol. The fraction of sp³-hybridized carbons (Fsp3) is 0.810. The lowest BCUT2D eigenvalue weighted by atomic mass is 10.0. The molecule has 0 saturated carbocycles. The molecular weight excluding hydrogens is 568 g/mol. The van der Waals surface area contributed by atoms with Crippen molar-refractivity contribution < 1.29 is 19.4 Å². The molecule has 268 valence electrons. The van der Waals surface area contributed by atoms with E-state index >= 15 is 0 Å². The number of unbranched alkanes of at least 4 members (excludes halogenated alkanes) is 21. The zero-order valence-corrected chi connectivity index (χ0v) is 30.6. The molecule has 0 bridgehead atoms. The third-order valence-corrected chi connectivity index (χ3v) is 8.83. The van der Waals surface area contributed by atoms with Crippen LogP contribution >= 0.6 is 0 Å². The van der Waals surface area contributed by atoms with Crippen molar-refractivity contribution in [3.63, 3.8) is 0 Å². The summed E-state index contributed by atoms with van der Waals surface area (Å²) in [5, 5.41) is 8.83. The Labute approximate surface area is 286 Å². The van der Waals surface area contributed by atoms with Gasteiger partial charge in [0.1, 0.15) is 6.10 Å². The molecule has 0 aliphatic carbocycles. The highest BCUT2D eigenvalue weighted by atomic mass is 16.5. The molecule has 46 heavy (non-hydrogen) atoms. The van der Waals surface area contributed by atoms with Gasteiger partial charge >= 0.3 is 11.9 Å². The molecule has 1 N–H and O–H groups in total. The largest absolute Gasteiger partial charge is 0.481 e. The van der Waals surface area contributed by atoms with E-state index in [4.69, 9.17) is 9.84 Å². The lowest BCUT2D eigenvalue weighted by Crippen LogP contribution is -2.18. The van der Waals surface area contributed by atoms with Gasteiger partial charge in [-0.15, -0.1) is 0 Å². The number of esters is 1. The Morgan fingerprint density at radius 1 is 0.478 bits per heavy atom. The van der Waals surface area contributed by atoms with Crippen LogP contribution in [-0.4, -0.2) is 23.1 Å². The number of ether oxygens (including phenoxy) is 1. The van der Waals surface area contributed by atoms with Crippen molar-refractivity contribution in [2.24, 2.45) is 0 Å². The van der Waals surface area contributed by atoms with Gasteiger partial charge < -0.3 is 9.84 Å². The molecule has 1 unspecified atom stereocenters. The van der Waals surface area contributed by atoms with E-state index in [0.29, 0.717) is 6.42 Å². The fourth-order valence-corrected chi connectivity index (χ4v) is 5.86. The summed E-state index contributed by atoms with van der Waals surface area (Å²) in [5.41, 5.74) is 0. The first-order valence-electron chi connectivity index (χ1n) is 20.0. The highest BCUT2D eigenvalue weighted by molar-refractivity contribution is 5.69. The summed E-state index contributed by atoms with van der Waals surface area (Å²) in [7, 11) is 0. The maximum atomic E-state index is 12.6. The van der Waals surface area contributed by atoms with Crippen molar-refractivity contribution >= 4 is 11.9 Å². The molecule has 4 nitrogen and oxygen atoms in total. The molecule has 0 spiro atoms. The minimum Gasteiger partial charge on any atom is -0.481 e. The van der Waals surface area contributed by atoms with Crippen molar-refractivity contribution in [2.75, 3.05) is 0 Å². The number of allylic oxidation sites excluding steroid dienone is 6. The first-order chi connectivity index (χ1) is 22.6. The van der Waals surface area contributed by atoms with Gasteiger partial charge in [-0.1, -0.05) is 140 Å². The Morgan fingerprint density at radius 2 is 0.848 bits per heavy atom. The van der Waals surface area contributed by atoms with Crippen molar-refractivity contribution in [1.82, 2.24) is 0 Å². The van der Waals surface area contributed by atoms with E-state index in [1.165, 1.54) is 122 Å². The van der Waals surface area contributed by atoms with E-state index in [9.17, 15) is 9.59 Å². The van der Waals surface area contributed by atoms with Gasteiger partial charge in [-0.2, -0.15) is 0 Å². The average molecular weight is 645 g/mol. The Morgan fingerprint density at radius 3 is 1.37 bits per heavy atom. The first kappa shape index (κ1) is 44.2. The molecule has 0 fully saturated rings. The smallest absolute Gasteiger partial charge is 0.306 e. The van der Waals surface area contributed by atoms with E-state index < -0.39 is 5.97 Å². The fourth-order valence-electron chi connectivity index (χ4n) is 5.86. The van der Waals surface area contributed by atoms with Crippen molar-refractivity contribution in [2.45, 2.75) is 219 Å². The Balaban J connectivity index is 3.88. The van der Waals surface area contributed by atoms with Crippen molar-refractivity contribution in [3.05, 3.63) is 36.5 Å². The van der Waals surface area contributed by atoms with Gasteiger partial charge in [0.05, 0.1) is 0 Å². The SMILES string of the molecule is CCCCC/C=C\C/C=C\CCCC/C=C\CCCCCCCC(=O)OC(CCCCCCCCCC)CCCCCCC(=O)O. The summed E-state index contributed by atoms with van der Waals surface area (Å²) in [6.45, 7) is 4.51. The second-order valence-electron chi connectivity index (χ2n) is 13.5. The molecule has 0 aromatic rings. The summed E-state index contributed by atoms with van der Waals surface area (Å²) >= 11 is 0. The molecule has 0 aromatic heterocycles. The lowest BCUT2D eigenvalue weighted by molar-refractivity contribution is -0.150. The quantitative estimate of drug-likeness (QED) is 0.0419. The maximum absolute atomic E-state index is 12.6. The highest BCUT2D eigenvalue weighted by Gasteiger charge is 2.14. The standard InChI is InChI=1S/C42H76O4/c1-3-5-7-9-11-13-14-15-16-17-18-19-20-21-22-23-24-25-27-29-35-39-42(45)46-40(37-33-30-31-34-38-41(43)44)36-32-28-26-12-10-8-6-4-2/h11,13,15-16,21-22,40H,3-10,12,14,17-20,23-39H2,1-2H3,(H,43,44)/b13-11-,16-15-,22-21-. The van der Waals surface area contributed by atoms with Crippen LogP contribution in [0.15, 0.2) is 36.5 Å². The van der Waals surface area contributed by atoms with E-state index in [0.717, 1.165) is 64.2 Å². The highest BCUT2D eigenvalue weighted by Crippen LogP contribution is 2.18. The maximum Gasteiger partial charge on any atom is 0.306 e. The number of aliphatic carboxylic acids is 1. The van der Waals surface area contributed by atoms with Crippen molar-refractivity contribution in [3.8, 4) is 0 Å². The predicted octanol–water partition coefficient (Wildman–Crippen LogP) is 13.8. The number of hydrogen-bond donors (Lipinski definition) is 1. The molecule has 0 saturated heterocycles. The zero-order chi connectivity index (χ0) is 33.6. The zero-order valence-electron chi connectivity index (χ0n) is 30.6. The molecule has 0 aliphatic heterocycles. The number of carboxylic acid groups (broad SMARTS) is 1. The summed E-state index contributed by atoms with van der Waals surface area (Å²) in [4.78, 5) is 23.3. The van der Waals surface area contributed by atoms with Crippen LogP contribution in [0.5, 0.6) is 0 Å². The second kappa shape index (κ2) is 37.6. The van der Waals surface area contributed by atoms with Gasteiger partial charge in [0, 0.05) is 12.8 Å². The number of hydrogen-bond acceptors (Lipinski definition) is 3. The summed E-state index contributed by atoms with van der Waals surface area (Å²) in [6.07, 6.45) is 48.8. The normalized spacial score (nSPS) is 12.6. The molecule has 1 atom stereocenters. The molecule has 4 heteroatoms. The average Bonchev–Trinajstić information content (AvgIpc) is 3.04. The van der Waals surface area contributed by atoms with Crippen LogP contribution in [0.25, 0.3) is 0 Å². The van der Waals surface area contributed by atoms with Crippen LogP contribution in [0.3, 0.4) is 0 Å². The molecule has 0 rings (SSSR count). The van der Waals surface area contributed by atoms with E-state index in [1.807, 2.05) is 0 Å². The molecule has 0 aromatic carbocycles. The summed E-state index contributed by atoms with van der Waals surface area (Å²) in [6, 6.07) is 0. The third kappa shape index (κ3) is 36.6. The van der Waals surface area contributed by atoms with Gasteiger partial charge in [0.25, 0.3) is 0 Å². The lowest BCUT2D eigenvalue weighted by Gasteiger charge is -2.18. The molecule has 0 aliphatic rings. The van der Waals surface area contributed by atoms with Crippen LogP contribution in [0, 0.1) is 0 Å². The summed E-state index contributed by atoms with van der Waals surface area (Å²) in [5.74, 6) is -0.737. The molecule has 0 radical (unpaired) electrons. The molecular formula is C42H76O4. The van der Waals surface area contributed by atoms with Crippen LogP contribution < -0.4 is 0 Å². The minimum atomic E-state index is -0.713. The number of carbonyl (C=O) groups excluding carboxylic acids is 1. The Hall–Kier alpha value is -1.84. The number of carboxylic acids is 1. The van der Waals surface area contributed by atoms with E-state index in [2.05, 4.69) is 50.3 Å². The Kier molecular flexibility index (Phi) is 36.1. The van der Waals surface area contributed by atoms with Gasteiger partial charge in [-0.3, -0.25) is 9.59 Å². The summed E-state index contributed by atoms with van der Waals surface area (Å²) < 4.78 is 5.95. The van der Waals surface area contributed by atoms with Crippen LogP contribution in [0.2, 0.25) is 0 Å². The minimum absolute atomic E-state index is 0.0245. The first-order valence-corrected chi connectivity index (χ1v) is 20.0.